The molecule has 170 valence electrons. The SMILES string of the molecule is COc1ccc(-c2cc3nccn3c(Sc3ccc(CCC(=O)O)cc3OC)n2)cc1OC. The van der Waals surface area contributed by atoms with Crippen LogP contribution in [0.5, 0.6) is 17.2 Å². The monoisotopic (exact) mass is 465 g/mol. The van der Waals surface area contributed by atoms with E-state index in [2.05, 4.69) is 4.98 Å². The summed E-state index contributed by atoms with van der Waals surface area (Å²) >= 11 is 1.45. The number of hydrogen-bond donors (Lipinski definition) is 1. The van der Waals surface area contributed by atoms with Gasteiger partial charge in [0.2, 0.25) is 0 Å². The summed E-state index contributed by atoms with van der Waals surface area (Å²) < 4.78 is 18.3. The number of nitrogens with zero attached hydrogens (tertiary/aromatic N) is 3. The molecule has 2 aromatic carbocycles. The summed E-state index contributed by atoms with van der Waals surface area (Å²) in [4.78, 5) is 21.1. The summed E-state index contributed by atoms with van der Waals surface area (Å²) in [6.45, 7) is 0. The number of carboxylic acids is 1. The Kier molecular flexibility index (Phi) is 6.69. The van der Waals surface area contributed by atoms with Crippen molar-refractivity contribution in [2.45, 2.75) is 22.9 Å². The van der Waals surface area contributed by atoms with Gasteiger partial charge in [0.25, 0.3) is 0 Å². The second kappa shape index (κ2) is 9.83. The summed E-state index contributed by atoms with van der Waals surface area (Å²) in [6.07, 6.45) is 4.10. The standard InChI is InChI=1S/C24H23N3O5S/c1-30-18-7-6-16(13-19(18)31-2)17-14-22-25-10-11-27(22)24(26-17)33-21-8-4-15(5-9-23(28)29)12-20(21)32-3/h4,6-8,10-14H,5,9H2,1-3H3,(H,28,29). The van der Waals surface area contributed by atoms with Crippen LogP contribution in [0.25, 0.3) is 16.9 Å². The van der Waals surface area contributed by atoms with E-state index in [4.69, 9.17) is 24.3 Å². The summed E-state index contributed by atoms with van der Waals surface area (Å²) in [5, 5.41) is 9.66. The average Bonchev–Trinajstić information content (AvgIpc) is 3.32. The van der Waals surface area contributed by atoms with Crippen LogP contribution in [0.15, 0.2) is 64.9 Å². The molecule has 0 aliphatic rings. The van der Waals surface area contributed by atoms with Crippen LogP contribution < -0.4 is 14.2 Å². The van der Waals surface area contributed by atoms with Gasteiger partial charge in [0, 0.05) is 30.4 Å². The molecule has 0 saturated heterocycles. The second-order valence-corrected chi connectivity index (χ2v) is 8.14. The quantitative estimate of drug-likeness (QED) is 0.359. The predicted molar refractivity (Wildman–Crippen MR) is 125 cm³/mol. The molecule has 0 radical (unpaired) electrons. The van der Waals surface area contributed by atoms with Crippen molar-refractivity contribution in [1.82, 2.24) is 14.4 Å². The van der Waals surface area contributed by atoms with Gasteiger partial charge >= 0.3 is 5.97 Å². The van der Waals surface area contributed by atoms with E-state index in [0.29, 0.717) is 28.8 Å². The van der Waals surface area contributed by atoms with Gasteiger partial charge in [0.15, 0.2) is 16.7 Å². The molecule has 0 aliphatic heterocycles. The third kappa shape index (κ3) is 4.88. The Bertz CT molecular complexity index is 1300. The summed E-state index contributed by atoms with van der Waals surface area (Å²) in [5.41, 5.74) is 3.28. The van der Waals surface area contributed by atoms with Gasteiger partial charge in [-0.3, -0.25) is 9.20 Å². The van der Waals surface area contributed by atoms with Gasteiger partial charge in [-0.05, 0) is 54.1 Å². The number of imidazole rings is 1. The number of hydrogen-bond acceptors (Lipinski definition) is 7. The molecule has 0 aliphatic carbocycles. The van der Waals surface area contributed by atoms with E-state index < -0.39 is 5.97 Å². The van der Waals surface area contributed by atoms with Gasteiger partial charge in [-0.2, -0.15) is 0 Å². The molecule has 1 N–H and O–H groups in total. The number of fused-ring (bicyclic) bond motifs is 1. The van der Waals surface area contributed by atoms with Crippen molar-refractivity contribution < 1.29 is 24.1 Å². The molecule has 9 heteroatoms. The van der Waals surface area contributed by atoms with E-state index in [0.717, 1.165) is 27.4 Å². The van der Waals surface area contributed by atoms with Crippen molar-refractivity contribution in [3.05, 3.63) is 60.4 Å². The van der Waals surface area contributed by atoms with Gasteiger partial charge in [0.1, 0.15) is 11.4 Å². The van der Waals surface area contributed by atoms with Crippen molar-refractivity contribution in [1.29, 1.82) is 0 Å². The Labute approximate surface area is 195 Å². The van der Waals surface area contributed by atoms with Gasteiger partial charge in [-0.1, -0.05) is 6.07 Å². The molecule has 0 unspecified atom stereocenters. The minimum Gasteiger partial charge on any atom is -0.496 e. The largest absolute Gasteiger partial charge is 0.496 e. The average molecular weight is 466 g/mol. The number of methoxy groups -OCH3 is 3. The van der Waals surface area contributed by atoms with Crippen molar-refractivity contribution in [3.63, 3.8) is 0 Å². The number of ether oxygens (including phenoxy) is 3. The zero-order chi connectivity index (χ0) is 23.4. The molecule has 33 heavy (non-hydrogen) atoms. The van der Waals surface area contributed by atoms with Crippen LogP contribution in [-0.4, -0.2) is 46.8 Å². The Morgan fingerprint density at radius 3 is 2.52 bits per heavy atom. The maximum atomic E-state index is 10.9. The smallest absolute Gasteiger partial charge is 0.303 e. The molecular weight excluding hydrogens is 442 g/mol. The van der Waals surface area contributed by atoms with E-state index in [9.17, 15) is 4.79 Å². The highest BCUT2D eigenvalue weighted by molar-refractivity contribution is 7.99. The van der Waals surface area contributed by atoms with Crippen LogP contribution in [-0.2, 0) is 11.2 Å². The molecule has 0 bridgehead atoms. The number of rotatable bonds is 9. The van der Waals surface area contributed by atoms with Crippen molar-refractivity contribution in [2.75, 3.05) is 21.3 Å². The lowest BCUT2D eigenvalue weighted by atomic mass is 10.1. The Morgan fingerprint density at radius 2 is 1.79 bits per heavy atom. The molecule has 4 rings (SSSR count). The highest BCUT2D eigenvalue weighted by atomic mass is 32.2. The van der Waals surface area contributed by atoms with Gasteiger partial charge in [0.05, 0.1) is 31.9 Å². The number of aryl methyl sites for hydroxylation is 1. The molecule has 2 aromatic heterocycles. The zero-order valence-corrected chi connectivity index (χ0v) is 19.3. The van der Waals surface area contributed by atoms with Crippen LogP contribution in [0.2, 0.25) is 0 Å². The number of aromatic nitrogens is 3. The van der Waals surface area contributed by atoms with E-state index >= 15 is 0 Å². The Morgan fingerprint density at radius 1 is 1.00 bits per heavy atom. The topological polar surface area (TPSA) is 95.2 Å². The number of benzene rings is 2. The molecule has 0 amide bonds. The summed E-state index contributed by atoms with van der Waals surface area (Å²) in [7, 11) is 4.79. The second-order valence-electron chi connectivity index (χ2n) is 7.13. The first-order valence-corrected chi connectivity index (χ1v) is 11.0. The molecule has 0 saturated carbocycles. The van der Waals surface area contributed by atoms with Crippen LogP contribution >= 0.6 is 11.8 Å². The Hall–Kier alpha value is -3.72. The number of aliphatic carboxylic acids is 1. The van der Waals surface area contributed by atoms with Crippen LogP contribution in [0, 0.1) is 0 Å². The fraction of sp³-hybridized carbons (Fsp3) is 0.208. The third-order valence-corrected chi connectivity index (χ3v) is 6.12. The van der Waals surface area contributed by atoms with E-state index in [1.165, 1.54) is 11.8 Å². The van der Waals surface area contributed by atoms with Crippen molar-refractivity contribution >= 4 is 23.4 Å². The maximum absolute atomic E-state index is 10.9. The minimum absolute atomic E-state index is 0.0697. The Balaban J connectivity index is 1.72. The van der Waals surface area contributed by atoms with E-state index in [1.807, 2.05) is 53.1 Å². The minimum atomic E-state index is -0.828. The van der Waals surface area contributed by atoms with Crippen molar-refractivity contribution in [3.8, 4) is 28.5 Å². The lowest BCUT2D eigenvalue weighted by Gasteiger charge is -2.13. The predicted octanol–water partition coefficient (Wildman–Crippen LogP) is 4.59. The van der Waals surface area contributed by atoms with Gasteiger partial charge < -0.3 is 19.3 Å². The molecule has 2 heterocycles. The fourth-order valence-corrected chi connectivity index (χ4v) is 4.38. The fourth-order valence-electron chi connectivity index (χ4n) is 3.41. The first-order valence-electron chi connectivity index (χ1n) is 10.2. The van der Waals surface area contributed by atoms with E-state index in [-0.39, 0.29) is 6.42 Å². The normalized spacial score (nSPS) is 10.9. The van der Waals surface area contributed by atoms with Crippen LogP contribution in [0.3, 0.4) is 0 Å². The van der Waals surface area contributed by atoms with Gasteiger partial charge in [-0.15, -0.1) is 0 Å². The summed E-state index contributed by atoms with van der Waals surface area (Å²) in [6, 6.07) is 13.3. The highest BCUT2D eigenvalue weighted by Gasteiger charge is 2.15. The molecule has 8 nitrogen and oxygen atoms in total. The lowest BCUT2D eigenvalue weighted by molar-refractivity contribution is -0.136. The summed E-state index contributed by atoms with van der Waals surface area (Å²) in [5.74, 6) is 1.10. The van der Waals surface area contributed by atoms with E-state index in [1.54, 1.807) is 27.5 Å². The third-order valence-electron chi connectivity index (χ3n) is 5.09. The first-order chi connectivity index (χ1) is 16.0. The zero-order valence-electron chi connectivity index (χ0n) is 18.4. The lowest BCUT2D eigenvalue weighted by Crippen LogP contribution is -1.99. The molecule has 0 spiro atoms. The van der Waals surface area contributed by atoms with Crippen molar-refractivity contribution in [2.24, 2.45) is 0 Å². The number of carbonyl (C=O) groups is 1. The molecule has 4 aromatic rings. The first kappa shape index (κ1) is 22.5. The number of carboxylic acid groups (broad SMARTS) is 1. The molecule has 0 atom stereocenters. The molecular formula is C24H23N3O5S. The van der Waals surface area contributed by atoms with Crippen LogP contribution in [0.4, 0.5) is 0 Å². The maximum Gasteiger partial charge on any atom is 0.303 e. The van der Waals surface area contributed by atoms with Crippen LogP contribution in [0.1, 0.15) is 12.0 Å². The molecule has 0 fully saturated rings. The highest BCUT2D eigenvalue weighted by Crippen LogP contribution is 2.37. The van der Waals surface area contributed by atoms with Gasteiger partial charge in [-0.25, -0.2) is 9.97 Å².